The lowest BCUT2D eigenvalue weighted by molar-refractivity contribution is 0.0265. The summed E-state index contributed by atoms with van der Waals surface area (Å²) >= 11 is 0. The van der Waals surface area contributed by atoms with Crippen molar-refractivity contribution in [2.75, 3.05) is 0 Å². The van der Waals surface area contributed by atoms with Crippen LogP contribution in [0.3, 0.4) is 0 Å². The van der Waals surface area contributed by atoms with Crippen molar-refractivity contribution in [3.05, 3.63) is 35.9 Å². The zero-order chi connectivity index (χ0) is 13.6. The summed E-state index contributed by atoms with van der Waals surface area (Å²) in [5.74, 6) is 2.96. The molecule has 1 aromatic carbocycles. The van der Waals surface area contributed by atoms with E-state index in [1.165, 1.54) is 18.4 Å². The smallest absolute Gasteiger partial charge is 0.128 e. The Morgan fingerprint density at radius 2 is 2.00 bits per heavy atom. The maximum atomic E-state index is 10.6. The van der Waals surface area contributed by atoms with Crippen LogP contribution in [-0.2, 0) is 6.42 Å². The number of benzene rings is 1. The Hall–Kier alpha value is -1.26. The fraction of sp³-hybridized carbons (Fsp3) is 0.556. The van der Waals surface area contributed by atoms with Crippen molar-refractivity contribution in [3.63, 3.8) is 0 Å². The minimum atomic E-state index is -0.854. The van der Waals surface area contributed by atoms with E-state index >= 15 is 0 Å². The van der Waals surface area contributed by atoms with Crippen LogP contribution in [0.4, 0.5) is 0 Å². The SMILES string of the molecule is C#C[C@]1(O)CCCCC[C@H]1CCCc1ccccc1. The second kappa shape index (κ2) is 6.78. The summed E-state index contributed by atoms with van der Waals surface area (Å²) in [4.78, 5) is 0. The van der Waals surface area contributed by atoms with Crippen LogP contribution >= 0.6 is 0 Å². The van der Waals surface area contributed by atoms with Crippen LogP contribution < -0.4 is 0 Å². The van der Waals surface area contributed by atoms with Crippen LogP contribution in [-0.4, -0.2) is 10.7 Å². The quantitative estimate of drug-likeness (QED) is 0.639. The Bertz CT molecular complexity index is 417. The standard InChI is InChI=1S/C18H24O/c1-2-18(19)15-8-4-7-13-17(18)14-9-12-16-10-5-3-6-11-16/h1,3,5-6,10-11,17,19H,4,7-9,12-15H2/t17-,18-/m0/s1. The van der Waals surface area contributed by atoms with E-state index in [4.69, 9.17) is 6.42 Å². The lowest BCUT2D eigenvalue weighted by atomic mass is 9.80. The van der Waals surface area contributed by atoms with Crippen LogP contribution in [0.15, 0.2) is 30.3 Å². The van der Waals surface area contributed by atoms with Gasteiger partial charge < -0.3 is 5.11 Å². The van der Waals surface area contributed by atoms with Gasteiger partial charge in [0.15, 0.2) is 0 Å². The van der Waals surface area contributed by atoms with E-state index in [1.807, 2.05) is 6.07 Å². The molecular weight excluding hydrogens is 232 g/mol. The number of rotatable bonds is 4. The van der Waals surface area contributed by atoms with E-state index in [2.05, 4.69) is 30.2 Å². The first-order chi connectivity index (χ1) is 9.24. The third-order valence-corrected chi connectivity index (χ3v) is 4.40. The maximum Gasteiger partial charge on any atom is 0.128 e. The Labute approximate surface area is 117 Å². The Kier molecular flexibility index (Phi) is 5.05. The molecule has 0 heterocycles. The van der Waals surface area contributed by atoms with Crippen LogP contribution in [0, 0.1) is 18.3 Å². The second-order valence-electron chi connectivity index (χ2n) is 5.74. The van der Waals surface area contributed by atoms with E-state index in [-0.39, 0.29) is 5.92 Å². The largest absolute Gasteiger partial charge is 0.377 e. The van der Waals surface area contributed by atoms with Gasteiger partial charge in [0.2, 0.25) is 0 Å². The van der Waals surface area contributed by atoms with Crippen molar-refractivity contribution in [2.24, 2.45) is 5.92 Å². The van der Waals surface area contributed by atoms with E-state index in [1.54, 1.807) is 0 Å². The first-order valence-electron chi connectivity index (χ1n) is 7.49. The molecule has 0 saturated heterocycles. The molecule has 0 unspecified atom stereocenters. The zero-order valence-electron chi connectivity index (χ0n) is 11.6. The molecule has 1 saturated carbocycles. The van der Waals surface area contributed by atoms with E-state index < -0.39 is 5.60 Å². The van der Waals surface area contributed by atoms with E-state index in [0.717, 1.165) is 38.5 Å². The average molecular weight is 256 g/mol. The molecule has 102 valence electrons. The normalized spacial score (nSPS) is 27.5. The fourth-order valence-electron chi connectivity index (χ4n) is 3.18. The monoisotopic (exact) mass is 256 g/mol. The lowest BCUT2D eigenvalue weighted by Gasteiger charge is -2.30. The van der Waals surface area contributed by atoms with Crippen molar-refractivity contribution in [2.45, 2.75) is 57.0 Å². The minimum Gasteiger partial charge on any atom is -0.377 e. The number of aliphatic hydroxyl groups is 1. The molecule has 2 atom stereocenters. The minimum absolute atomic E-state index is 0.281. The van der Waals surface area contributed by atoms with Gasteiger partial charge in [-0.2, -0.15) is 0 Å². The van der Waals surface area contributed by atoms with Crippen molar-refractivity contribution >= 4 is 0 Å². The van der Waals surface area contributed by atoms with Crippen LogP contribution in [0.5, 0.6) is 0 Å². The number of hydrogen-bond acceptors (Lipinski definition) is 1. The molecule has 1 N–H and O–H groups in total. The second-order valence-corrected chi connectivity index (χ2v) is 5.74. The van der Waals surface area contributed by atoms with Crippen molar-refractivity contribution in [3.8, 4) is 12.3 Å². The molecule has 1 aromatic rings. The van der Waals surface area contributed by atoms with Gasteiger partial charge in [-0.3, -0.25) is 0 Å². The molecule has 0 amide bonds. The highest BCUT2D eigenvalue weighted by Gasteiger charge is 2.35. The van der Waals surface area contributed by atoms with Gasteiger partial charge in [0, 0.05) is 0 Å². The summed E-state index contributed by atoms with van der Waals surface area (Å²) in [7, 11) is 0. The lowest BCUT2D eigenvalue weighted by Crippen LogP contribution is -2.35. The molecule has 0 radical (unpaired) electrons. The fourth-order valence-corrected chi connectivity index (χ4v) is 3.18. The van der Waals surface area contributed by atoms with Gasteiger partial charge in [-0.1, -0.05) is 49.1 Å². The van der Waals surface area contributed by atoms with E-state index in [0.29, 0.717) is 0 Å². The summed E-state index contributed by atoms with van der Waals surface area (Å²) in [5, 5.41) is 10.6. The average Bonchev–Trinajstić information content (AvgIpc) is 2.63. The molecule has 19 heavy (non-hydrogen) atoms. The Morgan fingerprint density at radius 1 is 1.21 bits per heavy atom. The summed E-state index contributed by atoms with van der Waals surface area (Å²) in [6, 6.07) is 10.5. The molecular formula is C18H24O. The van der Waals surface area contributed by atoms with E-state index in [9.17, 15) is 5.11 Å². The molecule has 1 fully saturated rings. The molecule has 0 aromatic heterocycles. The highest BCUT2D eigenvalue weighted by Crippen LogP contribution is 2.35. The first-order valence-corrected chi connectivity index (χ1v) is 7.49. The highest BCUT2D eigenvalue weighted by atomic mass is 16.3. The molecule has 0 bridgehead atoms. The molecule has 0 aliphatic heterocycles. The summed E-state index contributed by atoms with van der Waals surface area (Å²) < 4.78 is 0. The van der Waals surface area contributed by atoms with Gasteiger partial charge in [0.25, 0.3) is 0 Å². The first kappa shape index (κ1) is 14.2. The number of terminal acetylenes is 1. The van der Waals surface area contributed by atoms with Crippen LogP contribution in [0.1, 0.15) is 50.5 Å². The molecule has 1 nitrogen and oxygen atoms in total. The predicted octanol–water partition coefficient (Wildman–Crippen LogP) is 3.95. The molecule has 1 aliphatic rings. The van der Waals surface area contributed by atoms with Crippen LogP contribution in [0.25, 0.3) is 0 Å². The highest BCUT2D eigenvalue weighted by molar-refractivity contribution is 5.15. The summed E-state index contributed by atoms with van der Waals surface area (Å²) in [6.07, 6.45) is 14.1. The van der Waals surface area contributed by atoms with Gasteiger partial charge in [0.1, 0.15) is 5.60 Å². The van der Waals surface area contributed by atoms with Gasteiger partial charge in [-0.05, 0) is 50.0 Å². The maximum absolute atomic E-state index is 10.6. The third kappa shape index (κ3) is 3.85. The van der Waals surface area contributed by atoms with Gasteiger partial charge >= 0.3 is 0 Å². The van der Waals surface area contributed by atoms with Crippen LogP contribution in [0.2, 0.25) is 0 Å². The van der Waals surface area contributed by atoms with Gasteiger partial charge in [0.05, 0.1) is 0 Å². The Balaban J connectivity index is 1.88. The molecule has 0 spiro atoms. The summed E-state index contributed by atoms with van der Waals surface area (Å²) in [6.45, 7) is 0. The predicted molar refractivity (Wildman–Crippen MR) is 79.7 cm³/mol. The van der Waals surface area contributed by atoms with Crippen molar-refractivity contribution < 1.29 is 5.11 Å². The van der Waals surface area contributed by atoms with Gasteiger partial charge in [-0.15, -0.1) is 6.42 Å². The topological polar surface area (TPSA) is 20.2 Å². The summed E-state index contributed by atoms with van der Waals surface area (Å²) in [5.41, 5.74) is 0.521. The molecule has 1 heteroatoms. The Morgan fingerprint density at radius 3 is 2.74 bits per heavy atom. The van der Waals surface area contributed by atoms with Crippen molar-refractivity contribution in [1.82, 2.24) is 0 Å². The number of aryl methyl sites for hydroxylation is 1. The zero-order valence-corrected chi connectivity index (χ0v) is 11.6. The van der Waals surface area contributed by atoms with Gasteiger partial charge in [-0.25, -0.2) is 0 Å². The van der Waals surface area contributed by atoms with Crippen molar-refractivity contribution in [1.29, 1.82) is 0 Å². The number of hydrogen-bond donors (Lipinski definition) is 1. The molecule has 2 rings (SSSR count). The third-order valence-electron chi connectivity index (χ3n) is 4.40. The molecule has 1 aliphatic carbocycles.